The minimum Gasteiger partial charge on any atom is -0.457 e. The number of hydrogen-bond acceptors (Lipinski definition) is 5. The number of thiazole rings is 1. The summed E-state index contributed by atoms with van der Waals surface area (Å²) in [6, 6.07) is 20.9. The molecule has 156 valence electrons. The standard InChI is InChI=1S/C24H19FN2O2S2/c25-18-7-11-21(12-8-18)29-20-9-5-17(6-10-20)13-26-24(28)22-3-1-2-4-23(22)31-15-19-14-30-16-27-19/h1-12,14,16H,13,15H2,(H,26,28). The lowest BCUT2D eigenvalue weighted by Crippen LogP contribution is -2.23. The first kappa shape index (κ1) is 21.1. The van der Waals surface area contributed by atoms with Gasteiger partial charge in [-0.3, -0.25) is 4.79 Å². The quantitative estimate of drug-likeness (QED) is 0.320. The zero-order valence-electron chi connectivity index (χ0n) is 16.5. The van der Waals surface area contributed by atoms with E-state index in [1.807, 2.05) is 59.4 Å². The largest absolute Gasteiger partial charge is 0.457 e. The van der Waals surface area contributed by atoms with Gasteiger partial charge in [0.15, 0.2) is 0 Å². The summed E-state index contributed by atoms with van der Waals surface area (Å²) in [4.78, 5) is 18.0. The van der Waals surface area contributed by atoms with Gasteiger partial charge < -0.3 is 10.1 Å². The van der Waals surface area contributed by atoms with E-state index in [4.69, 9.17) is 4.74 Å². The van der Waals surface area contributed by atoms with Crippen LogP contribution >= 0.6 is 23.1 Å². The Morgan fingerprint density at radius 2 is 1.71 bits per heavy atom. The zero-order chi connectivity index (χ0) is 21.5. The smallest absolute Gasteiger partial charge is 0.252 e. The van der Waals surface area contributed by atoms with E-state index in [2.05, 4.69) is 10.3 Å². The molecule has 1 amide bonds. The number of hydrogen-bond donors (Lipinski definition) is 1. The van der Waals surface area contributed by atoms with Gasteiger partial charge in [-0.1, -0.05) is 24.3 Å². The Hall–Kier alpha value is -3.16. The molecule has 4 aromatic rings. The Labute approximate surface area is 188 Å². The number of nitrogens with one attached hydrogen (secondary N) is 1. The SMILES string of the molecule is O=C(NCc1ccc(Oc2ccc(F)cc2)cc1)c1ccccc1SCc1cscn1. The van der Waals surface area contributed by atoms with Crippen LogP contribution < -0.4 is 10.1 Å². The van der Waals surface area contributed by atoms with Crippen LogP contribution in [0, 0.1) is 5.82 Å². The Morgan fingerprint density at radius 1 is 1.00 bits per heavy atom. The van der Waals surface area contributed by atoms with Gasteiger partial charge in [0, 0.05) is 22.6 Å². The van der Waals surface area contributed by atoms with Crippen LogP contribution in [0.15, 0.2) is 88.6 Å². The molecule has 0 aliphatic heterocycles. The van der Waals surface area contributed by atoms with Gasteiger partial charge in [-0.15, -0.1) is 23.1 Å². The minimum absolute atomic E-state index is 0.118. The monoisotopic (exact) mass is 450 g/mol. The number of nitrogens with zero attached hydrogens (tertiary/aromatic N) is 1. The van der Waals surface area contributed by atoms with Crippen molar-refractivity contribution in [2.45, 2.75) is 17.2 Å². The van der Waals surface area contributed by atoms with Crippen molar-refractivity contribution in [1.82, 2.24) is 10.3 Å². The van der Waals surface area contributed by atoms with Crippen molar-refractivity contribution in [3.8, 4) is 11.5 Å². The summed E-state index contributed by atoms with van der Waals surface area (Å²) in [5.74, 6) is 1.51. The van der Waals surface area contributed by atoms with Gasteiger partial charge in [-0.05, 0) is 54.1 Å². The van der Waals surface area contributed by atoms with E-state index < -0.39 is 0 Å². The molecular weight excluding hydrogens is 431 g/mol. The molecule has 3 aromatic carbocycles. The fraction of sp³-hybridized carbons (Fsp3) is 0.0833. The highest BCUT2D eigenvalue weighted by molar-refractivity contribution is 7.98. The lowest BCUT2D eigenvalue weighted by atomic mass is 10.2. The number of rotatable bonds is 8. The van der Waals surface area contributed by atoms with Gasteiger partial charge in [-0.25, -0.2) is 9.37 Å². The first-order valence-corrected chi connectivity index (χ1v) is 11.5. The lowest BCUT2D eigenvalue weighted by molar-refractivity contribution is 0.0948. The fourth-order valence-corrected chi connectivity index (χ4v) is 4.45. The molecule has 4 rings (SSSR count). The molecule has 4 nitrogen and oxygen atoms in total. The molecule has 0 radical (unpaired) electrons. The molecule has 1 N–H and O–H groups in total. The Bertz CT molecular complexity index is 1130. The second kappa shape index (κ2) is 10.2. The van der Waals surface area contributed by atoms with Gasteiger partial charge >= 0.3 is 0 Å². The third-order valence-electron chi connectivity index (χ3n) is 4.42. The van der Waals surface area contributed by atoms with Crippen molar-refractivity contribution >= 4 is 29.0 Å². The van der Waals surface area contributed by atoms with E-state index in [0.29, 0.717) is 23.6 Å². The van der Waals surface area contributed by atoms with Gasteiger partial charge in [-0.2, -0.15) is 0 Å². The van der Waals surface area contributed by atoms with Crippen LogP contribution in [0.25, 0.3) is 0 Å². The second-order valence-electron chi connectivity index (χ2n) is 6.65. The molecular formula is C24H19FN2O2S2. The van der Waals surface area contributed by atoms with Gasteiger partial charge in [0.05, 0.1) is 16.8 Å². The number of ether oxygens (including phenoxy) is 1. The van der Waals surface area contributed by atoms with Gasteiger partial charge in [0.1, 0.15) is 17.3 Å². The van der Waals surface area contributed by atoms with Gasteiger partial charge in [0.2, 0.25) is 0 Å². The molecule has 1 heterocycles. The summed E-state index contributed by atoms with van der Waals surface area (Å²) in [5.41, 5.74) is 4.42. The second-order valence-corrected chi connectivity index (χ2v) is 8.38. The molecule has 31 heavy (non-hydrogen) atoms. The first-order chi connectivity index (χ1) is 15.2. The highest BCUT2D eigenvalue weighted by atomic mass is 32.2. The molecule has 1 aromatic heterocycles. The van der Waals surface area contributed by atoms with Crippen LogP contribution in [0.2, 0.25) is 0 Å². The van der Waals surface area contributed by atoms with Crippen molar-refractivity contribution in [3.05, 3.63) is 106 Å². The van der Waals surface area contributed by atoms with Crippen molar-refractivity contribution < 1.29 is 13.9 Å². The highest BCUT2D eigenvalue weighted by Gasteiger charge is 2.12. The molecule has 0 saturated heterocycles. The van der Waals surface area contributed by atoms with Crippen LogP contribution in [0.1, 0.15) is 21.6 Å². The molecule has 7 heteroatoms. The Kier molecular flexibility index (Phi) is 6.96. The predicted octanol–water partition coefficient (Wildman–Crippen LogP) is 6.30. The minimum atomic E-state index is -0.304. The van der Waals surface area contributed by atoms with E-state index >= 15 is 0 Å². The van der Waals surface area contributed by atoms with Crippen molar-refractivity contribution in [2.24, 2.45) is 0 Å². The number of benzene rings is 3. The molecule has 0 atom stereocenters. The van der Waals surface area contributed by atoms with Crippen LogP contribution in [0.5, 0.6) is 11.5 Å². The van der Waals surface area contributed by atoms with Crippen molar-refractivity contribution in [1.29, 1.82) is 0 Å². The van der Waals surface area contributed by atoms with Crippen LogP contribution in [-0.2, 0) is 12.3 Å². The third-order valence-corrected chi connectivity index (χ3v) is 6.16. The summed E-state index contributed by atoms with van der Waals surface area (Å²) < 4.78 is 18.7. The first-order valence-electron chi connectivity index (χ1n) is 9.57. The predicted molar refractivity (Wildman–Crippen MR) is 122 cm³/mol. The maximum absolute atomic E-state index is 13.0. The molecule has 0 aliphatic carbocycles. The summed E-state index contributed by atoms with van der Waals surface area (Å²) in [6.07, 6.45) is 0. The average molecular weight is 451 g/mol. The molecule has 0 saturated carbocycles. The summed E-state index contributed by atoms with van der Waals surface area (Å²) >= 11 is 3.17. The molecule has 0 unspecified atom stereocenters. The molecule has 0 aliphatic rings. The third kappa shape index (κ3) is 5.93. The summed E-state index contributed by atoms with van der Waals surface area (Å²) in [7, 11) is 0. The zero-order valence-corrected chi connectivity index (χ0v) is 18.1. The maximum Gasteiger partial charge on any atom is 0.252 e. The van der Waals surface area contributed by atoms with E-state index in [9.17, 15) is 9.18 Å². The Balaban J connectivity index is 1.34. The summed E-state index contributed by atoms with van der Waals surface area (Å²) in [6.45, 7) is 0.404. The number of thioether (sulfide) groups is 1. The van der Waals surface area contributed by atoms with E-state index in [-0.39, 0.29) is 11.7 Å². The number of carbonyl (C=O) groups is 1. The normalized spacial score (nSPS) is 10.6. The molecule has 0 fully saturated rings. The van der Waals surface area contributed by atoms with Crippen molar-refractivity contribution in [2.75, 3.05) is 0 Å². The number of amides is 1. The van der Waals surface area contributed by atoms with E-state index in [1.54, 1.807) is 35.2 Å². The van der Waals surface area contributed by atoms with Crippen LogP contribution in [-0.4, -0.2) is 10.9 Å². The lowest BCUT2D eigenvalue weighted by Gasteiger charge is -2.10. The average Bonchev–Trinajstić information content (AvgIpc) is 3.32. The van der Waals surface area contributed by atoms with E-state index in [1.165, 1.54) is 12.1 Å². The fourth-order valence-electron chi connectivity index (χ4n) is 2.83. The maximum atomic E-state index is 13.0. The van der Waals surface area contributed by atoms with Crippen LogP contribution in [0.4, 0.5) is 4.39 Å². The molecule has 0 spiro atoms. The van der Waals surface area contributed by atoms with Crippen LogP contribution in [0.3, 0.4) is 0 Å². The summed E-state index contributed by atoms with van der Waals surface area (Å²) in [5, 5.41) is 4.99. The molecule has 0 bridgehead atoms. The van der Waals surface area contributed by atoms with Crippen molar-refractivity contribution in [3.63, 3.8) is 0 Å². The topological polar surface area (TPSA) is 51.2 Å². The number of carbonyl (C=O) groups excluding carboxylic acids is 1. The highest BCUT2D eigenvalue weighted by Crippen LogP contribution is 2.26. The van der Waals surface area contributed by atoms with E-state index in [0.717, 1.165) is 21.9 Å². The Morgan fingerprint density at radius 3 is 2.42 bits per heavy atom. The number of halogens is 1. The number of aromatic nitrogens is 1. The van der Waals surface area contributed by atoms with Gasteiger partial charge in [0.25, 0.3) is 5.91 Å².